The third kappa shape index (κ3) is 3.24. The molecule has 0 saturated heterocycles. The highest BCUT2D eigenvalue weighted by Gasteiger charge is 2.66. The Morgan fingerprint density at radius 1 is 1.26 bits per heavy atom. The molecule has 1 aliphatic carbocycles. The van der Waals surface area contributed by atoms with Crippen molar-refractivity contribution in [3.8, 4) is 0 Å². The number of carbonyl (C=O) groups is 3. The first-order valence-corrected chi connectivity index (χ1v) is 6.48. The lowest BCUT2D eigenvalue weighted by molar-refractivity contribution is -0.142. The van der Waals surface area contributed by atoms with E-state index in [2.05, 4.69) is 5.32 Å². The molecule has 0 aliphatic heterocycles. The number of nitrogens with one attached hydrogen (secondary N) is 1. The molecule has 108 valence electrons. The van der Waals surface area contributed by atoms with Gasteiger partial charge in [-0.1, -0.05) is 20.8 Å². The van der Waals surface area contributed by atoms with Gasteiger partial charge in [0.15, 0.2) is 0 Å². The van der Waals surface area contributed by atoms with Gasteiger partial charge in [-0.05, 0) is 11.8 Å². The van der Waals surface area contributed by atoms with Crippen LogP contribution in [0.2, 0.25) is 0 Å². The van der Waals surface area contributed by atoms with Crippen LogP contribution < -0.4 is 5.32 Å². The summed E-state index contributed by atoms with van der Waals surface area (Å²) in [5.41, 5.74) is -0.531. The van der Waals surface area contributed by atoms with Gasteiger partial charge < -0.3 is 15.3 Å². The zero-order valence-electron chi connectivity index (χ0n) is 11.9. The van der Waals surface area contributed by atoms with Gasteiger partial charge in [0.2, 0.25) is 11.8 Å². The maximum atomic E-state index is 12.1. The highest BCUT2D eigenvalue weighted by molar-refractivity contribution is 5.93. The first-order chi connectivity index (χ1) is 8.73. The van der Waals surface area contributed by atoms with Crippen LogP contribution in [0.3, 0.4) is 0 Å². The summed E-state index contributed by atoms with van der Waals surface area (Å²) in [6.07, 6.45) is 0.833. The number of likely N-dealkylation sites (N-methyl/N-ethyl adjacent to an activating group) is 1. The third-order valence-electron chi connectivity index (χ3n) is 3.69. The monoisotopic (exact) mass is 270 g/mol. The Balaban J connectivity index is 2.55. The molecule has 19 heavy (non-hydrogen) atoms. The minimum Gasteiger partial charge on any atom is -0.481 e. The number of aliphatic carboxylic acids is 1. The molecule has 0 heterocycles. The van der Waals surface area contributed by atoms with Crippen LogP contribution in [0.25, 0.3) is 0 Å². The first-order valence-electron chi connectivity index (χ1n) is 6.48. The van der Waals surface area contributed by atoms with E-state index < -0.39 is 23.2 Å². The number of rotatable bonds is 6. The Hall–Kier alpha value is -1.59. The predicted molar refractivity (Wildman–Crippen MR) is 69.3 cm³/mol. The number of carbonyl (C=O) groups excluding carboxylic acids is 2. The Bertz CT molecular complexity index is 392. The van der Waals surface area contributed by atoms with Crippen LogP contribution in [-0.4, -0.2) is 47.9 Å². The van der Waals surface area contributed by atoms with Gasteiger partial charge in [-0.3, -0.25) is 14.4 Å². The summed E-state index contributed by atoms with van der Waals surface area (Å²) in [6, 6.07) is 0. The molecule has 6 heteroatoms. The van der Waals surface area contributed by atoms with E-state index in [4.69, 9.17) is 5.11 Å². The molecule has 0 radical (unpaired) electrons. The van der Waals surface area contributed by atoms with E-state index in [-0.39, 0.29) is 18.4 Å². The number of carboxylic acids is 1. The van der Waals surface area contributed by atoms with Gasteiger partial charge in [0.1, 0.15) is 0 Å². The topological polar surface area (TPSA) is 86.7 Å². The molecule has 0 aromatic heterocycles. The molecular weight excluding hydrogens is 248 g/mol. The molecule has 6 nitrogen and oxygen atoms in total. The zero-order valence-corrected chi connectivity index (χ0v) is 11.9. The Labute approximate surface area is 113 Å². The van der Waals surface area contributed by atoms with E-state index in [1.807, 2.05) is 6.92 Å². The van der Waals surface area contributed by atoms with E-state index in [9.17, 15) is 14.4 Å². The van der Waals surface area contributed by atoms with Crippen LogP contribution in [0.15, 0.2) is 0 Å². The maximum absolute atomic E-state index is 12.1. The average Bonchev–Trinajstić information content (AvgIpc) is 2.88. The Kier molecular flexibility index (Phi) is 4.55. The molecule has 0 spiro atoms. The lowest BCUT2D eigenvalue weighted by atomic mass is 10.1. The van der Waals surface area contributed by atoms with E-state index >= 15 is 0 Å². The van der Waals surface area contributed by atoms with Crippen molar-refractivity contribution in [2.45, 2.75) is 27.2 Å². The molecule has 2 amide bonds. The first kappa shape index (κ1) is 15.5. The summed E-state index contributed by atoms with van der Waals surface area (Å²) < 4.78 is 0. The molecule has 1 saturated carbocycles. The molecule has 1 rings (SSSR count). The summed E-state index contributed by atoms with van der Waals surface area (Å²) in [6.45, 7) is 6.02. The fourth-order valence-corrected chi connectivity index (χ4v) is 2.41. The fourth-order valence-electron chi connectivity index (χ4n) is 2.41. The van der Waals surface area contributed by atoms with Gasteiger partial charge in [-0.25, -0.2) is 0 Å². The van der Waals surface area contributed by atoms with Crippen LogP contribution in [-0.2, 0) is 14.4 Å². The van der Waals surface area contributed by atoms with Crippen molar-refractivity contribution in [2.75, 3.05) is 20.1 Å². The SMILES string of the molecule is CCCNC(=O)CN(C)C(=O)C1C(C(=O)O)C1(C)C. The molecule has 2 N–H and O–H groups in total. The smallest absolute Gasteiger partial charge is 0.307 e. The van der Waals surface area contributed by atoms with Crippen molar-refractivity contribution in [3.63, 3.8) is 0 Å². The number of amides is 2. The minimum atomic E-state index is -0.952. The van der Waals surface area contributed by atoms with E-state index in [1.54, 1.807) is 13.8 Å². The Morgan fingerprint density at radius 2 is 1.84 bits per heavy atom. The van der Waals surface area contributed by atoms with Crippen molar-refractivity contribution < 1.29 is 19.5 Å². The number of hydrogen-bond donors (Lipinski definition) is 2. The van der Waals surface area contributed by atoms with Gasteiger partial charge >= 0.3 is 5.97 Å². The van der Waals surface area contributed by atoms with E-state index in [0.717, 1.165) is 6.42 Å². The van der Waals surface area contributed by atoms with Gasteiger partial charge in [0.05, 0.1) is 18.4 Å². The van der Waals surface area contributed by atoms with Crippen LogP contribution in [0.1, 0.15) is 27.2 Å². The molecule has 2 atom stereocenters. The van der Waals surface area contributed by atoms with Crippen LogP contribution in [0, 0.1) is 17.3 Å². The van der Waals surface area contributed by atoms with Crippen molar-refractivity contribution in [1.29, 1.82) is 0 Å². The maximum Gasteiger partial charge on any atom is 0.307 e. The normalized spacial score (nSPS) is 23.6. The molecule has 0 bridgehead atoms. The van der Waals surface area contributed by atoms with Crippen LogP contribution in [0.5, 0.6) is 0 Å². The fraction of sp³-hybridized carbons (Fsp3) is 0.769. The largest absolute Gasteiger partial charge is 0.481 e. The van der Waals surface area contributed by atoms with E-state index in [0.29, 0.717) is 6.54 Å². The summed E-state index contributed by atoms with van der Waals surface area (Å²) in [4.78, 5) is 36.0. The third-order valence-corrected chi connectivity index (χ3v) is 3.69. The van der Waals surface area contributed by atoms with Crippen molar-refractivity contribution in [1.82, 2.24) is 10.2 Å². The van der Waals surface area contributed by atoms with Crippen LogP contribution in [0.4, 0.5) is 0 Å². The molecule has 2 unspecified atom stereocenters. The molecule has 1 aliphatic rings. The number of hydrogen-bond acceptors (Lipinski definition) is 3. The molecule has 0 aromatic carbocycles. The summed E-state index contributed by atoms with van der Waals surface area (Å²) in [5, 5.41) is 11.7. The summed E-state index contributed by atoms with van der Waals surface area (Å²) in [5.74, 6) is -2.63. The van der Waals surface area contributed by atoms with Gasteiger partial charge in [0.25, 0.3) is 0 Å². The lowest BCUT2D eigenvalue weighted by Crippen LogP contribution is -2.40. The summed E-state index contributed by atoms with van der Waals surface area (Å²) >= 11 is 0. The molecule has 0 aromatic rings. The van der Waals surface area contributed by atoms with Crippen molar-refractivity contribution in [3.05, 3.63) is 0 Å². The molecule has 1 fully saturated rings. The van der Waals surface area contributed by atoms with E-state index in [1.165, 1.54) is 11.9 Å². The number of nitrogens with zero attached hydrogens (tertiary/aromatic N) is 1. The second-order valence-electron chi connectivity index (χ2n) is 5.66. The van der Waals surface area contributed by atoms with Gasteiger partial charge in [-0.15, -0.1) is 0 Å². The number of carboxylic acid groups (broad SMARTS) is 1. The Morgan fingerprint density at radius 3 is 2.26 bits per heavy atom. The standard InChI is InChI=1S/C13H22N2O4/c1-5-6-14-8(16)7-15(4)11(17)9-10(12(18)19)13(9,2)3/h9-10H,5-7H2,1-4H3,(H,14,16)(H,18,19). The predicted octanol–water partition coefficient (Wildman–Crippen LogP) is 0.328. The lowest BCUT2D eigenvalue weighted by Gasteiger charge is -2.17. The second kappa shape index (κ2) is 5.59. The van der Waals surface area contributed by atoms with Crippen molar-refractivity contribution in [2.24, 2.45) is 17.3 Å². The average molecular weight is 270 g/mol. The summed E-state index contributed by atoms with van der Waals surface area (Å²) in [7, 11) is 1.53. The van der Waals surface area contributed by atoms with Gasteiger partial charge in [0, 0.05) is 13.6 Å². The zero-order chi connectivity index (χ0) is 14.8. The quantitative estimate of drug-likeness (QED) is 0.728. The van der Waals surface area contributed by atoms with Gasteiger partial charge in [-0.2, -0.15) is 0 Å². The van der Waals surface area contributed by atoms with Crippen LogP contribution >= 0.6 is 0 Å². The highest BCUT2D eigenvalue weighted by Crippen LogP contribution is 2.58. The van der Waals surface area contributed by atoms with Crippen molar-refractivity contribution >= 4 is 17.8 Å². The highest BCUT2D eigenvalue weighted by atomic mass is 16.4. The minimum absolute atomic E-state index is 0.0300. The second-order valence-corrected chi connectivity index (χ2v) is 5.66. The molecular formula is C13H22N2O4.